The monoisotopic (exact) mass is 256 g/mol. The third-order valence-corrected chi connectivity index (χ3v) is 2.70. The largest absolute Gasteiger partial charge is 0.416 e. The predicted octanol–water partition coefficient (Wildman–Crippen LogP) is 2.52. The van der Waals surface area contributed by atoms with E-state index in [0.717, 1.165) is 6.07 Å². The number of benzene rings is 1. The van der Waals surface area contributed by atoms with Gasteiger partial charge in [0.2, 0.25) is 0 Å². The molecule has 3 nitrogen and oxygen atoms in total. The molecule has 0 aliphatic heterocycles. The number of aliphatic hydroxyl groups excluding tert-OH is 1. The highest BCUT2D eigenvalue weighted by atomic mass is 19.4. The Hall–Kier alpha value is -1.82. The van der Waals surface area contributed by atoms with Gasteiger partial charge >= 0.3 is 6.18 Å². The van der Waals surface area contributed by atoms with Gasteiger partial charge in [0.25, 0.3) is 0 Å². The van der Waals surface area contributed by atoms with Crippen LogP contribution in [0.2, 0.25) is 0 Å². The van der Waals surface area contributed by atoms with Crippen LogP contribution in [0.25, 0.3) is 0 Å². The quantitative estimate of drug-likeness (QED) is 0.896. The topological polar surface area (TPSA) is 38.0 Å². The average molecular weight is 256 g/mol. The molecule has 0 radical (unpaired) electrons. The van der Waals surface area contributed by atoms with Crippen LogP contribution in [0.15, 0.2) is 36.5 Å². The molecule has 1 atom stereocenters. The first kappa shape index (κ1) is 12.6. The lowest BCUT2D eigenvalue weighted by atomic mass is 10.00. The highest BCUT2D eigenvalue weighted by Gasteiger charge is 2.35. The van der Waals surface area contributed by atoms with Gasteiger partial charge in [-0.15, -0.1) is 0 Å². The van der Waals surface area contributed by atoms with Gasteiger partial charge in [-0.25, -0.2) is 0 Å². The number of rotatable bonds is 2. The summed E-state index contributed by atoms with van der Waals surface area (Å²) in [4.78, 5) is 0. The number of aliphatic hydroxyl groups is 1. The summed E-state index contributed by atoms with van der Waals surface area (Å²) >= 11 is 0. The molecule has 1 aromatic heterocycles. The summed E-state index contributed by atoms with van der Waals surface area (Å²) in [5.74, 6) is 0. The molecule has 6 heteroatoms. The summed E-state index contributed by atoms with van der Waals surface area (Å²) in [6, 6.07) is 6.46. The molecule has 0 bridgehead atoms. The van der Waals surface area contributed by atoms with Crippen LogP contribution in [0, 0.1) is 0 Å². The molecule has 0 aliphatic rings. The molecular formula is C12H11F3N2O. The minimum Gasteiger partial charge on any atom is -0.382 e. The van der Waals surface area contributed by atoms with Gasteiger partial charge in [-0.05, 0) is 17.7 Å². The van der Waals surface area contributed by atoms with Crippen molar-refractivity contribution in [3.8, 4) is 0 Å². The van der Waals surface area contributed by atoms with Crippen LogP contribution in [0.3, 0.4) is 0 Å². The number of nitrogens with zero attached hydrogens (tertiary/aromatic N) is 2. The first-order valence-corrected chi connectivity index (χ1v) is 5.23. The van der Waals surface area contributed by atoms with Crippen LogP contribution in [0.5, 0.6) is 0 Å². The van der Waals surface area contributed by atoms with E-state index in [1.165, 1.54) is 35.1 Å². The van der Waals surface area contributed by atoms with Crippen LogP contribution in [-0.4, -0.2) is 14.9 Å². The van der Waals surface area contributed by atoms with E-state index < -0.39 is 17.8 Å². The van der Waals surface area contributed by atoms with Crippen molar-refractivity contribution in [2.24, 2.45) is 7.05 Å². The van der Waals surface area contributed by atoms with Gasteiger partial charge in [-0.2, -0.15) is 18.3 Å². The fourth-order valence-corrected chi connectivity index (χ4v) is 1.81. The van der Waals surface area contributed by atoms with Crippen LogP contribution < -0.4 is 0 Å². The minimum atomic E-state index is -4.49. The highest BCUT2D eigenvalue weighted by molar-refractivity contribution is 5.35. The fraction of sp³-hybridized carbons (Fsp3) is 0.250. The summed E-state index contributed by atoms with van der Waals surface area (Å²) in [7, 11) is 1.56. The first-order chi connectivity index (χ1) is 8.41. The van der Waals surface area contributed by atoms with E-state index in [9.17, 15) is 18.3 Å². The molecule has 18 heavy (non-hydrogen) atoms. The third kappa shape index (κ3) is 2.24. The zero-order valence-corrected chi connectivity index (χ0v) is 9.52. The van der Waals surface area contributed by atoms with Crippen LogP contribution >= 0.6 is 0 Å². The number of aromatic nitrogens is 2. The molecular weight excluding hydrogens is 245 g/mol. The summed E-state index contributed by atoms with van der Waals surface area (Å²) in [6.07, 6.45) is -4.42. The molecule has 0 spiro atoms. The van der Waals surface area contributed by atoms with Crippen molar-refractivity contribution in [3.05, 3.63) is 53.3 Å². The highest BCUT2D eigenvalue weighted by Crippen LogP contribution is 2.36. The van der Waals surface area contributed by atoms with Gasteiger partial charge in [0.15, 0.2) is 0 Å². The maximum absolute atomic E-state index is 12.8. The van der Waals surface area contributed by atoms with E-state index >= 15 is 0 Å². The molecule has 0 saturated carbocycles. The molecule has 0 aliphatic carbocycles. The maximum atomic E-state index is 12.8. The maximum Gasteiger partial charge on any atom is 0.416 e. The lowest BCUT2D eigenvalue weighted by Gasteiger charge is -2.17. The Morgan fingerprint density at radius 3 is 2.44 bits per heavy atom. The van der Waals surface area contributed by atoms with Gasteiger partial charge < -0.3 is 5.11 Å². The zero-order valence-electron chi connectivity index (χ0n) is 9.52. The SMILES string of the molecule is Cn1nccc1C(O)c1ccccc1C(F)(F)F. The first-order valence-electron chi connectivity index (χ1n) is 5.23. The number of aryl methyl sites for hydroxylation is 1. The van der Waals surface area contributed by atoms with Crippen LogP contribution in [0.1, 0.15) is 22.9 Å². The molecule has 0 fully saturated rings. The Morgan fingerprint density at radius 2 is 1.89 bits per heavy atom. The number of hydrogen-bond acceptors (Lipinski definition) is 2. The molecule has 2 aromatic rings. The fourth-order valence-electron chi connectivity index (χ4n) is 1.81. The van der Waals surface area contributed by atoms with E-state index in [-0.39, 0.29) is 5.56 Å². The Kier molecular flexibility index (Phi) is 3.13. The predicted molar refractivity (Wildman–Crippen MR) is 58.7 cm³/mol. The van der Waals surface area contributed by atoms with Gasteiger partial charge in [0.1, 0.15) is 6.10 Å². The van der Waals surface area contributed by atoms with E-state index in [0.29, 0.717) is 5.69 Å². The van der Waals surface area contributed by atoms with Crippen molar-refractivity contribution in [1.82, 2.24) is 9.78 Å². The summed E-state index contributed by atoms with van der Waals surface area (Å²) in [6.45, 7) is 0. The second-order valence-corrected chi connectivity index (χ2v) is 3.87. The van der Waals surface area contributed by atoms with Crippen LogP contribution in [0.4, 0.5) is 13.2 Å². The summed E-state index contributed by atoms with van der Waals surface area (Å²) in [5, 5.41) is 13.9. The lowest BCUT2D eigenvalue weighted by molar-refractivity contribution is -0.139. The van der Waals surface area contributed by atoms with Crippen molar-refractivity contribution < 1.29 is 18.3 Å². The molecule has 96 valence electrons. The van der Waals surface area contributed by atoms with Crippen molar-refractivity contribution in [2.45, 2.75) is 12.3 Å². The molecule has 1 heterocycles. The molecule has 1 N–H and O–H groups in total. The standard InChI is InChI=1S/C12H11F3N2O/c1-17-10(6-7-16-17)11(18)8-4-2-3-5-9(8)12(13,14)15/h2-7,11,18H,1H3. The minimum absolute atomic E-state index is 0.173. The molecule has 0 amide bonds. The van der Waals surface area contributed by atoms with Gasteiger partial charge in [0.05, 0.1) is 11.3 Å². The van der Waals surface area contributed by atoms with E-state index in [1.807, 2.05) is 0 Å². The van der Waals surface area contributed by atoms with Crippen LogP contribution in [-0.2, 0) is 13.2 Å². The van der Waals surface area contributed by atoms with Crippen molar-refractivity contribution in [1.29, 1.82) is 0 Å². The number of hydrogen-bond donors (Lipinski definition) is 1. The Balaban J connectivity index is 2.49. The van der Waals surface area contributed by atoms with Crippen molar-refractivity contribution >= 4 is 0 Å². The summed E-state index contributed by atoms with van der Waals surface area (Å²) < 4.78 is 39.8. The second-order valence-electron chi connectivity index (χ2n) is 3.87. The van der Waals surface area contributed by atoms with E-state index in [4.69, 9.17) is 0 Å². The molecule has 1 unspecified atom stereocenters. The van der Waals surface area contributed by atoms with Crippen molar-refractivity contribution in [2.75, 3.05) is 0 Å². The van der Waals surface area contributed by atoms with E-state index in [1.54, 1.807) is 7.05 Å². The molecule has 1 aromatic carbocycles. The zero-order chi connectivity index (χ0) is 13.3. The number of halogens is 3. The smallest absolute Gasteiger partial charge is 0.382 e. The van der Waals surface area contributed by atoms with Gasteiger partial charge in [-0.1, -0.05) is 18.2 Å². The second kappa shape index (κ2) is 4.45. The molecule has 0 saturated heterocycles. The third-order valence-electron chi connectivity index (χ3n) is 2.70. The Labute approximate surface area is 101 Å². The van der Waals surface area contributed by atoms with Gasteiger partial charge in [-0.3, -0.25) is 4.68 Å². The average Bonchev–Trinajstić information content (AvgIpc) is 2.73. The Bertz CT molecular complexity index is 548. The molecule has 2 rings (SSSR count). The lowest BCUT2D eigenvalue weighted by Crippen LogP contribution is -2.14. The Morgan fingerprint density at radius 1 is 1.22 bits per heavy atom. The van der Waals surface area contributed by atoms with Gasteiger partial charge in [0, 0.05) is 13.2 Å². The van der Waals surface area contributed by atoms with Crippen molar-refractivity contribution in [3.63, 3.8) is 0 Å². The number of alkyl halides is 3. The normalized spacial score (nSPS) is 13.6. The van der Waals surface area contributed by atoms with E-state index in [2.05, 4.69) is 5.10 Å². The summed E-state index contributed by atoms with van der Waals surface area (Å²) in [5.41, 5.74) is -0.695.